The first kappa shape index (κ1) is 12.9. The molecule has 0 unspecified atom stereocenters. The van der Waals surface area contributed by atoms with Gasteiger partial charge in [-0.25, -0.2) is 4.98 Å². The van der Waals surface area contributed by atoms with Crippen molar-refractivity contribution < 1.29 is 0 Å². The SMILES string of the molecule is CCCc1nc(Cn2ccc3cc(C#N)ccc32)cs1. The van der Waals surface area contributed by atoms with Crippen molar-refractivity contribution in [1.29, 1.82) is 5.26 Å². The summed E-state index contributed by atoms with van der Waals surface area (Å²) in [6, 6.07) is 10.0. The van der Waals surface area contributed by atoms with Crippen LogP contribution < -0.4 is 0 Å². The van der Waals surface area contributed by atoms with Crippen LogP contribution in [0.2, 0.25) is 0 Å². The number of fused-ring (bicyclic) bond motifs is 1. The minimum atomic E-state index is 0.703. The quantitative estimate of drug-likeness (QED) is 0.726. The summed E-state index contributed by atoms with van der Waals surface area (Å²) in [4.78, 5) is 4.66. The third-order valence-electron chi connectivity index (χ3n) is 3.30. The monoisotopic (exact) mass is 281 g/mol. The zero-order valence-electron chi connectivity index (χ0n) is 11.3. The lowest BCUT2D eigenvalue weighted by atomic mass is 10.2. The standard InChI is InChI=1S/C16H15N3S/c1-2-3-16-18-14(11-20-16)10-19-7-6-13-8-12(9-17)4-5-15(13)19/h4-8,11H,2-3,10H2,1H3. The van der Waals surface area contributed by atoms with Crippen LogP contribution in [-0.4, -0.2) is 9.55 Å². The molecule has 3 rings (SSSR count). The van der Waals surface area contributed by atoms with Crippen LogP contribution in [-0.2, 0) is 13.0 Å². The van der Waals surface area contributed by atoms with E-state index in [2.05, 4.69) is 40.2 Å². The smallest absolute Gasteiger partial charge is 0.0991 e. The molecule has 0 spiro atoms. The lowest BCUT2D eigenvalue weighted by molar-refractivity contribution is 0.801. The van der Waals surface area contributed by atoms with E-state index in [1.165, 1.54) is 5.01 Å². The van der Waals surface area contributed by atoms with Gasteiger partial charge in [0.15, 0.2) is 0 Å². The van der Waals surface area contributed by atoms with Gasteiger partial charge in [-0.1, -0.05) is 6.92 Å². The molecule has 0 aliphatic carbocycles. The van der Waals surface area contributed by atoms with E-state index in [0.717, 1.165) is 36.0 Å². The molecule has 4 heteroatoms. The molecule has 0 amide bonds. The summed E-state index contributed by atoms with van der Waals surface area (Å²) in [5.74, 6) is 0. The van der Waals surface area contributed by atoms with Gasteiger partial charge < -0.3 is 4.57 Å². The Kier molecular flexibility index (Phi) is 3.53. The van der Waals surface area contributed by atoms with Gasteiger partial charge in [0.1, 0.15) is 0 Å². The van der Waals surface area contributed by atoms with Crippen molar-refractivity contribution in [1.82, 2.24) is 9.55 Å². The Labute approximate surface area is 122 Å². The molecule has 0 bridgehead atoms. The number of rotatable bonds is 4. The fourth-order valence-corrected chi connectivity index (χ4v) is 3.22. The third kappa shape index (κ3) is 2.45. The average molecular weight is 281 g/mol. The first-order valence-corrected chi connectivity index (χ1v) is 7.60. The lowest BCUT2D eigenvalue weighted by Gasteiger charge is -2.03. The third-order valence-corrected chi connectivity index (χ3v) is 4.25. The number of nitriles is 1. The molecule has 0 saturated carbocycles. The topological polar surface area (TPSA) is 41.6 Å². The van der Waals surface area contributed by atoms with Gasteiger partial charge in [-0.2, -0.15) is 5.26 Å². The van der Waals surface area contributed by atoms with E-state index in [4.69, 9.17) is 5.26 Å². The van der Waals surface area contributed by atoms with Gasteiger partial charge in [-0.15, -0.1) is 11.3 Å². The number of thiazole rings is 1. The average Bonchev–Trinajstić information content (AvgIpc) is 3.07. The zero-order valence-corrected chi connectivity index (χ0v) is 12.2. The maximum absolute atomic E-state index is 8.93. The van der Waals surface area contributed by atoms with Crippen LogP contribution in [0.3, 0.4) is 0 Å². The zero-order chi connectivity index (χ0) is 13.9. The first-order valence-electron chi connectivity index (χ1n) is 6.72. The molecule has 2 aromatic heterocycles. The van der Waals surface area contributed by atoms with Gasteiger partial charge >= 0.3 is 0 Å². The summed E-state index contributed by atoms with van der Waals surface area (Å²) >= 11 is 1.74. The summed E-state index contributed by atoms with van der Waals surface area (Å²) in [7, 11) is 0. The van der Waals surface area contributed by atoms with E-state index in [1.54, 1.807) is 11.3 Å². The number of aromatic nitrogens is 2. The summed E-state index contributed by atoms with van der Waals surface area (Å²) in [6.07, 6.45) is 4.25. The molecule has 3 aromatic rings. The van der Waals surface area contributed by atoms with Crippen LogP contribution >= 0.6 is 11.3 Å². The summed E-state index contributed by atoms with van der Waals surface area (Å²) in [5.41, 5.74) is 2.96. The molecule has 0 atom stereocenters. The van der Waals surface area contributed by atoms with Crippen molar-refractivity contribution in [2.24, 2.45) is 0 Å². The normalized spacial score (nSPS) is 10.8. The molecule has 0 saturated heterocycles. The molecule has 0 aliphatic rings. The minimum absolute atomic E-state index is 0.703. The fraction of sp³-hybridized carbons (Fsp3) is 0.250. The van der Waals surface area contributed by atoms with Gasteiger partial charge in [0.2, 0.25) is 0 Å². The van der Waals surface area contributed by atoms with Crippen LogP contribution in [0.4, 0.5) is 0 Å². The van der Waals surface area contributed by atoms with E-state index in [0.29, 0.717) is 5.56 Å². The van der Waals surface area contributed by atoms with E-state index < -0.39 is 0 Å². The number of nitrogens with zero attached hydrogens (tertiary/aromatic N) is 3. The predicted molar refractivity (Wildman–Crippen MR) is 81.9 cm³/mol. The van der Waals surface area contributed by atoms with E-state index in [-0.39, 0.29) is 0 Å². The van der Waals surface area contributed by atoms with Gasteiger partial charge in [0.05, 0.1) is 28.9 Å². The van der Waals surface area contributed by atoms with E-state index in [1.807, 2.05) is 18.2 Å². The van der Waals surface area contributed by atoms with Crippen molar-refractivity contribution >= 4 is 22.2 Å². The highest BCUT2D eigenvalue weighted by atomic mass is 32.1. The van der Waals surface area contributed by atoms with Gasteiger partial charge in [0.25, 0.3) is 0 Å². The highest BCUT2D eigenvalue weighted by Crippen LogP contribution is 2.20. The van der Waals surface area contributed by atoms with Crippen LogP contribution in [0.5, 0.6) is 0 Å². The molecule has 3 nitrogen and oxygen atoms in total. The van der Waals surface area contributed by atoms with Crippen molar-refractivity contribution in [3.05, 3.63) is 52.1 Å². The van der Waals surface area contributed by atoms with Gasteiger partial charge in [0, 0.05) is 22.5 Å². The second-order valence-corrected chi connectivity index (χ2v) is 5.75. The second-order valence-electron chi connectivity index (χ2n) is 4.81. The molecule has 1 aromatic carbocycles. The lowest BCUT2D eigenvalue weighted by Crippen LogP contribution is -1.98. The summed E-state index contributed by atoms with van der Waals surface area (Å²) < 4.78 is 2.18. The Hall–Kier alpha value is -2.12. The van der Waals surface area contributed by atoms with Gasteiger partial charge in [-0.3, -0.25) is 0 Å². The molecule has 0 N–H and O–H groups in total. The van der Waals surface area contributed by atoms with Gasteiger partial charge in [-0.05, 0) is 37.1 Å². The molecule has 0 radical (unpaired) electrons. The largest absolute Gasteiger partial charge is 0.341 e. The van der Waals surface area contributed by atoms with E-state index in [9.17, 15) is 0 Å². The Bertz CT molecular complexity index is 776. The number of hydrogen-bond acceptors (Lipinski definition) is 3. The maximum atomic E-state index is 8.93. The predicted octanol–water partition coefficient (Wildman–Crippen LogP) is 3.97. The Balaban J connectivity index is 1.88. The number of aryl methyl sites for hydroxylation is 1. The summed E-state index contributed by atoms with van der Waals surface area (Å²) in [5, 5.41) is 13.4. The number of hydrogen-bond donors (Lipinski definition) is 0. The van der Waals surface area contributed by atoms with Crippen molar-refractivity contribution in [3.63, 3.8) is 0 Å². The van der Waals surface area contributed by atoms with Crippen molar-refractivity contribution in [3.8, 4) is 6.07 Å². The Morgan fingerprint density at radius 3 is 3.05 bits per heavy atom. The van der Waals surface area contributed by atoms with Crippen LogP contribution in [0, 0.1) is 11.3 Å². The molecule has 0 aliphatic heterocycles. The fourth-order valence-electron chi connectivity index (χ4n) is 2.33. The maximum Gasteiger partial charge on any atom is 0.0991 e. The molecule has 0 fully saturated rings. The molecule has 2 heterocycles. The molecule has 20 heavy (non-hydrogen) atoms. The molecule has 100 valence electrons. The second kappa shape index (κ2) is 5.48. The first-order chi connectivity index (χ1) is 9.80. The van der Waals surface area contributed by atoms with Crippen LogP contribution in [0.1, 0.15) is 29.6 Å². The van der Waals surface area contributed by atoms with E-state index >= 15 is 0 Å². The highest BCUT2D eigenvalue weighted by Gasteiger charge is 2.06. The van der Waals surface area contributed by atoms with Crippen LogP contribution in [0.15, 0.2) is 35.8 Å². The highest BCUT2D eigenvalue weighted by molar-refractivity contribution is 7.09. The minimum Gasteiger partial charge on any atom is -0.341 e. The molecular formula is C16H15N3S. The van der Waals surface area contributed by atoms with Crippen molar-refractivity contribution in [2.75, 3.05) is 0 Å². The Morgan fingerprint density at radius 2 is 2.25 bits per heavy atom. The van der Waals surface area contributed by atoms with Crippen molar-refractivity contribution in [2.45, 2.75) is 26.3 Å². The Morgan fingerprint density at radius 1 is 1.35 bits per heavy atom. The van der Waals surface area contributed by atoms with Crippen LogP contribution in [0.25, 0.3) is 10.9 Å². The summed E-state index contributed by atoms with van der Waals surface area (Å²) in [6.45, 7) is 2.96. The molecular weight excluding hydrogens is 266 g/mol. The number of benzene rings is 1.